The predicted octanol–water partition coefficient (Wildman–Crippen LogP) is 4.04. The molecule has 2 atom stereocenters. The first-order valence-electron chi connectivity index (χ1n) is 8.64. The highest BCUT2D eigenvalue weighted by Gasteiger charge is 2.40. The fourth-order valence-corrected chi connectivity index (χ4v) is 2.74. The summed E-state index contributed by atoms with van der Waals surface area (Å²) in [6, 6.07) is 0. The van der Waals surface area contributed by atoms with Crippen LogP contribution in [0.2, 0.25) is 0 Å². The quantitative estimate of drug-likeness (QED) is 0.638. The summed E-state index contributed by atoms with van der Waals surface area (Å²) in [6.45, 7) is 9.16. The molecule has 1 rings (SSSR count). The first-order valence-corrected chi connectivity index (χ1v) is 8.64. The SMILES string of the molecule is C/C1=C\CC[C@](C)(O)/C=C/[C@](O)(C(C)(C)O)CC/C(C)=C/CC1. The number of hydrogen-bond donors (Lipinski definition) is 3. The van der Waals surface area contributed by atoms with Gasteiger partial charge < -0.3 is 15.3 Å². The fraction of sp³-hybridized carbons (Fsp3) is 0.700. The third-order valence-corrected chi connectivity index (χ3v) is 4.85. The summed E-state index contributed by atoms with van der Waals surface area (Å²) in [6.07, 6.45) is 12.2. The summed E-state index contributed by atoms with van der Waals surface area (Å²) in [5.74, 6) is 0. The number of aliphatic hydroxyl groups is 3. The van der Waals surface area contributed by atoms with E-state index in [4.69, 9.17) is 0 Å². The molecule has 0 aromatic heterocycles. The Morgan fingerprint density at radius 1 is 0.913 bits per heavy atom. The molecule has 0 bridgehead atoms. The average Bonchev–Trinajstić information content (AvgIpc) is 2.41. The van der Waals surface area contributed by atoms with Crippen LogP contribution in [0.5, 0.6) is 0 Å². The van der Waals surface area contributed by atoms with Crippen molar-refractivity contribution in [2.75, 3.05) is 0 Å². The summed E-state index contributed by atoms with van der Waals surface area (Å²) in [4.78, 5) is 0. The molecule has 0 saturated carbocycles. The van der Waals surface area contributed by atoms with E-state index in [1.165, 1.54) is 11.1 Å². The first kappa shape index (κ1) is 20.1. The van der Waals surface area contributed by atoms with E-state index in [1.807, 2.05) is 0 Å². The van der Waals surface area contributed by atoms with E-state index < -0.39 is 16.8 Å². The van der Waals surface area contributed by atoms with Crippen molar-refractivity contribution in [3.05, 3.63) is 35.5 Å². The molecule has 132 valence electrons. The first-order chi connectivity index (χ1) is 10.5. The van der Waals surface area contributed by atoms with Crippen molar-refractivity contribution >= 4 is 0 Å². The Morgan fingerprint density at radius 3 is 2.09 bits per heavy atom. The highest BCUT2D eigenvalue weighted by molar-refractivity contribution is 5.16. The van der Waals surface area contributed by atoms with E-state index in [-0.39, 0.29) is 0 Å². The highest BCUT2D eigenvalue weighted by atomic mass is 16.4. The predicted molar refractivity (Wildman–Crippen MR) is 96.2 cm³/mol. The van der Waals surface area contributed by atoms with Crippen LogP contribution < -0.4 is 0 Å². The van der Waals surface area contributed by atoms with Gasteiger partial charge in [0.25, 0.3) is 0 Å². The lowest BCUT2D eigenvalue weighted by Crippen LogP contribution is -2.49. The smallest absolute Gasteiger partial charge is 0.111 e. The maximum atomic E-state index is 10.9. The molecule has 0 radical (unpaired) electrons. The van der Waals surface area contributed by atoms with E-state index >= 15 is 0 Å². The summed E-state index contributed by atoms with van der Waals surface area (Å²) < 4.78 is 0. The lowest BCUT2D eigenvalue weighted by Gasteiger charge is -2.37. The van der Waals surface area contributed by atoms with Crippen LogP contribution in [0, 0.1) is 0 Å². The van der Waals surface area contributed by atoms with Gasteiger partial charge >= 0.3 is 0 Å². The van der Waals surface area contributed by atoms with Crippen LogP contribution in [0.3, 0.4) is 0 Å². The van der Waals surface area contributed by atoms with Gasteiger partial charge in [-0.3, -0.25) is 0 Å². The van der Waals surface area contributed by atoms with Gasteiger partial charge in [0, 0.05) is 0 Å². The maximum absolute atomic E-state index is 10.9. The lowest BCUT2D eigenvalue weighted by atomic mass is 9.79. The zero-order chi connectivity index (χ0) is 17.7. The Labute approximate surface area is 141 Å². The molecule has 0 aliphatic heterocycles. The van der Waals surface area contributed by atoms with Crippen molar-refractivity contribution in [1.29, 1.82) is 0 Å². The van der Waals surface area contributed by atoms with Crippen LogP contribution in [-0.4, -0.2) is 32.1 Å². The van der Waals surface area contributed by atoms with Crippen molar-refractivity contribution in [1.82, 2.24) is 0 Å². The number of allylic oxidation sites excluding steroid dienone is 4. The van der Waals surface area contributed by atoms with Gasteiger partial charge in [-0.25, -0.2) is 0 Å². The number of rotatable bonds is 1. The summed E-state index contributed by atoms with van der Waals surface area (Å²) >= 11 is 0. The normalized spacial score (nSPS) is 37.9. The molecule has 1 aliphatic rings. The van der Waals surface area contributed by atoms with Crippen LogP contribution in [0.15, 0.2) is 35.5 Å². The topological polar surface area (TPSA) is 60.7 Å². The van der Waals surface area contributed by atoms with Crippen LogP contribution >= 0.6 is 0 Å². The Kier molecular flexibility index (Phi) is 6.81. The monoisotopic (exact) mass is 322 g/mol. The van der Waals surface area contributed by atoms with E-state index in [0.29, 0.717) is 12.8 Å². The zero-order valence-electron chi connectivity index (χ0n) is 15.4. The molecule has 3 heteroatoms. The molecule has 0 aromatic rings. The fourth-order valence-electron chi connectivity index (χ4n) is 2.74. The highest BCUT2D eigenvalue weighted by Crippen LogP contribution is 2.31. The van der Waals surface area contributed by atoms with Gasteiger partial charge in [-0.15, -0.1) is 0 Å². The third-order valence-electron chi connectivity index (χ3n) is 4.85. The van der Waals surface area contributed by atoms with Gasteiger partial charge in [0.15, 0.2) is 0 Å². The van der Waals surface area contributed by atoms with E-state index in [2.05, 4.69) is 26.0 Å². The van der Waals surface area contributed by atoms with Crippen LogP contribution in [0.1, 0.15) is 73.1 Å². The standard InChI is InChI=1S/C20H34O3/c1-16-8-6-9-17(2)11-13-20(23,18(3,4)21)15-14-19(5,22)12-7-10-16/h9-10,14-15,21-23H,6-8,11-13H2,1-5H3/b15-14+,16-10+,17-9+/t19-,20-/m0/s1. The molecular formula is C20H34O3. The van der Waals surface area contributed by atoms with Crippen molar-refractivity contribution in [2.24, 2.45) is 0 Å². The minimum Gasteiger partial charge on any atom is -0.387 e. The van der Waals surface area contributed by atoms with Crippen LogP contribution in [0.4, 0.5) is 0 Å². The third kappa shape index (κ3) is 6.62. The van der Waals surface area contributed by atoms with Gasteiger partial charge in [-0.1, -0.05) is 35.5 Å². The molecule has 0 saturated heterocycles. The largest absolute Gasteiger partial charge is 0.387 e. The van der Waals surface area contributed by atoms with E-state index in [1.54, 1.807) is 32.9 Å². The van der Waals surface area contributed by atoms with Gasteiger partial charge in [-0.2, -0.15) is 0 Å². The molecule has 23 heavy (non-hydrogen) atoms. The number of hydrogen-bond acceptors (Lipinski definition) is 3. The average molecular weight is 322 g/mol. The van der Waals surface area contributed by atoms with Crippen molar-refractivity contribution in [2.45, 2.75) is 89.9 Å². The van der Waals surface area contributed by atoms with Crippen molar-refractivity contribution in [3.8, 4) is 0 Å². The zero-order valence-corrected chi connectivity index (χ0v) is 15.4. The Hall–Kier alpha value is -0.900. The van der Waals surface area contributed by atoms with Crippen LogP contribution in [-0.2, 0) is 0 Å². The molecule has 0 aromatic carbocycles. The minimum atomic E-state index is -1.36. The molecule has 0 fully saturated rings. The summed E-state index contributed by atoms with van der Waals surface area (Å²) in [5, 5.41) is 31.8. The second-order valence-corrected chi connectivity index (χ2v) is 7.85. The maximum Gasteiger partial charge on any atom is 0.111 e. The molecule has 0 unspecified atom stereocenters. The molecule has 0 amide bonds. The molecule has 3 nitrogen and oxygen atoms in total. The molecule has 0 spiro atoms. The minimum absolute atomic E-state index is 0.431. The van der Waals surface area contributed by atoms with Crippen molar-refractivity contribution < 1.29 is 15.3 Å². The molecule has 1 aliphatic carbocycles. The Bertz CT molecular complexity index is 478. The van der Waals surface area contributed by atoms with Crippen molar-refractivity contribution in [3.63, 3.8) is 0 Å². The van der Waals surface area contributed by atoms with E-state index in [0.717, 1.165) is 25.7 Å². The molecule has 3 N–H and O–H groups in total. The van der Waals surface area contributed by atoms with Gasteiger partial charge in [0.2, 0.25) is 0 Å². The van der Waals surface area contributed by atoms with Gasteiger partial charge in [-0.05, 0) is 73.1 Å². The second kappa shape index (κ2) is 7.78. The van der Waals surface area contributed by atoms with E-state index in [9.17, 15) is 15.3 Å². The Balaban J connectivity index is 3.10. The van der Waals surface area contributed by atoms with Crippen LogP contribution in [0.25, 0.3) is 0 Å². The second-order valence-electron chi connectivity index (χ2n) is 7.85. The summed E-state index contributed by atoms with van der Waals surface area (Å²) in [7, 11) is 0. The molecular weight excluding hydrogens is 288 g/mol. The Morgan fingerprint density at radius 2 is 1.48 bits per heavy atom. The van der Waals surface area contributed by atoms with Gasteiger partial charge in [0.05, 0.1) is 11.2 Å². The molecule has 0 heterocycles. The lowest BCUT2D eigenvalue weighted by molar-refractivity contribution is -0.104. The van der Waals surface area contributed by atoms with Gasteiger partial charge in [0.1, 0.15) is 5.60 Å². The summed E-state index contributed by atoms with van der Waals surface area (Å²) in [5.41, 5.74) is -1.06.